The molecule has 1 heterocycles. The van der Waals surface area contributed by atoms with E-state index < -0.39 is 0 Å². The number of nitrogens with zero attached hydrogens (tertiary/aromatic N) is 2. The van der Waals surface area contributed by atoms with E-state index in [2.05, 4.69) is 10.3 Å². The van der Waals surface area contributed by atoms with Crippen molar-refractivity contribution in [3.05, 3.63) is 36.5 Å². The molecule has 0 aliphatic rings. The molecule has 1 N–H and O–H groups in total. The molecule has 0 bridgehead atoms. The van der Waals surface area contributed by atoms with Crippen molar-refractivity contribution in [2.24, 2.45) is 0 Å². The predicted octanol–water partition coefficient (Wildman–Crippen LogP) is 2.52. The molecule has 0 unspecified atom stereocenters. The quantitative estimate of drug-likeness (QED) is 0.895. The molecule has 19 heavy (non-hydrogen) atoms. The largest absolute Gasteiger partial charge is 0.374 e. The van der Waals surface area contributed by atoms with Gasteiger partial charge < -0.3 is 10.2 Å². The first-order valence-corrected chi connectivity index (χ1v) is 6.61. The van der Waals surface area contributed by atoms with Crippen molar-refractivity contribution in [3.8, 4) is 0 Å². The SMILES string of the molecule is CCN(CC)C(=O)CNc1cccc2cccnc12. The Morgan fingerprint density at radius 1 is 1.21 bits per heavy atom. The molecule has 1 amide bonds. The topological polar surface area (TPSA) is 45.2 Å². The average molecular weight is 257 g/mol. The molecule has 0 atom stereocenters. The van der Waals surface area contributed by atoms with Crippen molar-refractivity contribution < 1.29 is 4.79 Å². The van der Waals surface area contributed by atoms with Gasteiger partial charge in [0.25, 0.3) is 0 Å². The Balaban J connectivity index is 2.12. The predicted molar refractivity (Wildman–Crippen MR) is 78.2 cm³/mol. The minimum Gasteiger partial charge on any atom is -0.374 e. The van der Waals surface area contributed by atoms with Crippen LogP contribution in [0.25, 0.3) is 10.9 Å². The van der Waals surface area contributed by atoms with E-state index >= 15 is 0 Å². The van der Waals surface area contributed by atoms with E-state index in [4.69, 9.17) is 0 Å². The van der Waals surface area contributed by atoms with Crippen molar-refractivity contribution in [1.29, 1.82) is 0 Å². The highest BCUT2D eigenvalue weighted by atomic mass is 16.2. The lowest BCUT2D eigenvalue weighted by atomic mass is 10.2. The van der Waals surface area contributed by atoms with Gasteiger partial charge in [0.2, 0.25) is 5.91 Å². The second-order valence-corrected chi connectivity index (χ2v) is 4.30. The molecule has 0 spiro atoms. The van der Waals surface area contributed by atoms with Crippen LogP contribution in [0.3, 0.4) is 0 Å². The normalized spacial score (nSPS) is 10.4. The molecule has 4 nitrogen and oxygen atoms in total. The molecule has 0 saturated heterocycles. The Hall–Kier alpha value is -2.10. The average Bonchev–Trinajstić information content (AvgIpc) is 2.46. The van der Waals surface area contributed by atoms with Gasteiger partial charge in [-0.05, 0) is 26.0 Å². The van der Waals surface area contributed by atoms with Gasteiger partial charge in [0.1, 0.15) is 0 Å². The zero-order chi connectivity index (χ0) is 13.7. The molecule has 1 aromatic heterocycles. The van der Waals surface area contributed by atoms with E-state index in [9.17, 15) is 4.79 Å². The van der Waals surface area contributed by atoms with Gasteiger partial charge in [-0.25, -0.2) is 0 Å². The van der Waals surface area contributed by atoms with Crippen LogP contribution in [0.15, 0.2) is 36.5 Å². The first-order chi connectivity index (χ1) is 9.26. The fourth-order valence-electron chi connectivity index (χ4n) is 2.11. The smallest absolute Gasteiger partial charge is 0.241 e. The fraction of sp³-hybridized carbons (Fsp3) is 0.333. The van der Waals surface area contributed by atoms with Gasteiger partial charge in [0.05, 0.1) is 17.7 Å². The maximum atomic E-state index is 12.0. The molecule has 100 valence electrons. The van der Waals surface area contributed by atoms with Gasteiger partial charge in [-0.1, -0.05) is 18.2 Å². The lowest BCUT2D eigenvalue weighted by Crippen LogP contribution is -2.35. The zero-order valence-electron chi connectivity index (χ0n) is 11.4. The number of benzene rings is 1. The van der Waals surface area contributed by atoms with Gasteiger partial charge in [-0.2, -0.15) is 0 Å². The molecule has 0 radical (unpaired) electrons. The highest BCUT2D eigenvalue weighted by molar-refractivity contribution is 5.92. The third-order valence-electron chi connectivity index (χ3n) is 3.18. The van der Waals surface area contributed by atoms with Crippen LogP contribution >= 0.6 is 0 Å². The van der Waals surface area contributed by atoms with Crippen LogP contribution in [0, 0.1) is 0 Å². The number of hydrogen-bond acceptors (Lipinski definition) is 3. The number of likely N-dealkylation sites (N-methyl/N-ethyl adjacent to an activating group) is 1. The van der Waals surface area contributed by atoms with Crippen LogP contribution in [0.5, 0.6) is 0 Å². The summed E-state index contributed by atoms with van der Waals surface area (Å²) in [7, 11) is 0. The highest BCUT2D eigenvalue weighted by Crippen LogP contribution is 2.20. The Bertz CT molecular complexity index is 559. The summed E-state index contributed by atoms with van der Waals surface area (Å²) >= 11 is 0. The minimum atomic E-state index is 0.109. The van der Waals surface area contributed by atoms with Crippen molar-refractivity contribution in [2.75, 3.05) is 25.0 Å². The number of amides is 1. The number of nitrogens with one attached hydrogen (secondary N) is 1. The maximum Gasteiger partial charge on any atom is 0.241 e. The number of pyridine rings is 1. The van der Waals surface area contributed by atoms with Crippen LogP contribution in [0.1, 0.15) is 13.8 Å². The van der Waals surface area contributed by atoms with Gasteiger partial charge in [-0.15, -0.1) is 0 Å². The molecule has 4 heteroatoms. The van der Waals surface area contributed by atoms with Crippen molar-refractivity contribution in [1.82, 2.24) is 9.88 Å². The molecule has 2 aromatic rings. The number of carbonyl (C=O) groups excluding carboxylic acids is 1. The maximum absolute atomic E-state index is 12.0. The number of hydrogen-bond donors (Lipinski definition) is 1. The number of aromatic nitrogens is 1. The van der Waals surface area contributed by atoms with Gasteiger partial charge in [0, 0.05) is 24.7 Å². The Labute approximate surface area is 113 Å². The third-order valence-corrected chi connectivity index (χ3v) is 3.18. The molecular formula is C15H19N3O. The second-order valence-electron chi connectivity index (χ2n) is 4.30. The van der Waals surface area contributed by atoms with E-state index in [1.54, 1.807) is 6.20 Å². The Kier molecular flexibility index (Phi) is 4.34. The third kappa shape index (κ3) is 3.02. The zero-order valence-corrected chi connectivity index (χ0v) is 11.4. The van der Waals surface area contributed by atoms with E-state index in [1.165, 1.54) is 0 Å². The first-order valence-electron chi connectivity index (χ1n) is 6.61. The van der Waals surface area contributed by atoms with Gasteiger partial charge >= 0.3 is 0 Å². The standard InChI is InChI=1S/C15H19N3O/c1-3-18(4-2)14(19)11-17-13-9-5-7-12-8-6-10-16-15(12)13/h5-10,17H,3-4,11H2,1-2H3. The Morgan fingerprint density at radius 2 is 1.95 bits per heavy atom. The van der Waals surface area contributed by atoms with E-state index in [1.807, 2.05) is 49.1 Å². The second kappa shape index (κ2) is 6.18. The summed E-state index contributed by atoms with van der Waals surface area (Å²) in [4.78, 5) is 18.1. The molecule has 2 rings (SSSR count). The summed E-state index contributed by atoms with van der Waals surface area (Å²) in [5, 5.41) is 4.25. The summed E-state index contributed by atoms with van der Waals surface area (Å²) in [5.41, 5.74) is 1.80. The monoisotopic (exact) mass is 257 g/mol. The van der Waals surface area contributed by atoms with Gasteiger partial charge in [0.15, 0.2) is 0 Å². The molecule has 0 aliphatic carbocycles. The van der Waals surface area contributed by atoms with Crippen LogP contribution in [-0.4, -0.2) is 35.4 Å². The summed E-state index contributed by atoms with van der Waals surface area (Å²) in [6, 6.07) is 9.85. The summed E-state index contributed by atoms with van der Waals surface area (Å²) < 4.78 is 0. The van der Waals surface area contributed by atoms with Crippen molar-refractivity contribution in [3.63, 3.8) is 0 Å². The van der Waals surface area contributed by atoms with Crippen molar-refractivity contribution >= 4 is 22.5 Å². The fourth-order valence-corrected chi connectivity index (χ4v) is 2.11. The number of anilines is 1. The van der Waals surface area contributed by atoms with Crippen LogP contribution in [0.4, 0.5) is 5.69 Å². The van der Waals surface area contributed by atoms with Gasteiger partial charge in [-0.3, -0.25) is 9.78 Å². The summed E-state index contributed by atoms with van der Waals surface area (Å²) in [6.07, 6.45) is 1.76. The number of rotatable bonds is 5. The number of fused-ring (bicyclic) bond motifs is 1. The summed E-state index contributed by atoms with van der Waals surface area (Å²) in [6.45, 7) is 5.76. The molecule has 0 saturated carbocycles. The molecule has 1 aromatic carbocycles. The number of carbonyl (C=O) groups is 1. The lowest BCUT2D eigenvalue weighted by molar-refractivity contribution is -0.128. The molecule has 0 fully saturated rings. The summed E-state index contributed by atoms with van der Waals surface area (Å²) in [5.74, 6) is 0.109. The molecule has 0 aliphatic heterocycles. The van der Waals surface area contributed by atoms with Crippen LogP contribution in [0.2, 0.25) is 0 Å². The van der Waals surface area contributed by atoms with E-state index in [0.29, 0.717) is 6.54 Å². The highest BCUT2D eigenvalue weighted by Gasteiger charge is 2.09. The lowest BCUT2D eigenvalue weighted by Gasteiger charge is -2.19. The number of para-hydroxylation sites is 1. The van der Waals surface area contributed by atoms with E-state index in [-0.39, 0.29) is 5.91 Å². The van der Waals surface area contributed by atoms with Crippen molar-refractivity contribution in [2.45, 2.75) is 13.8 Å². The minimum absolute atomic E-state index is 0.109. The van der Waals surface area contributed by atoms with E-state index in [0.717, 1.165) is 29.7 Å². The first kappa shape index (κ1) is 13.3. The molecular weight excluding hydrogens is 238 g/mol. The Morgan fingerprint density at radius 3 is 2.68 bits per heavy atom. The van der Waals surface area contributed by atoms with Crippen LogP contribution < -0.4 is 5.32 Å². The van der Waals surface area contributed by atoms with Crippen LogP contribution in [-0.2, 0) is 4.79 Å².